The van der Waals surface area contributed by atoms with Gasteiger partial charge < -0.3 is 9.64 Å². The number of morpholine rings is 1. The fraction of sp³-hybridized carbons (Fsp3) is 0.700. The fourth-order valence-corrected chi connectivity index (χ4v) is 4.11. The van der Waals surface area contributed by atoms with E-state index in [1.165, 1.54) is 36.2 Å². The third-order valence-electron chi connectivity index (χ3n) is 5.50. The molecule has 0 bridgehead atoms. The van der Waals surface area contributed by atoms with E-state index in [0.29, 0.717) is 5.92 Å². The minimum Gasteiger partial charge on any atom is -0.370 e. The molecule has 0 spiro atoms. The van der Waals surface area contributed by atoms with Crippen LogP contribution in [-0.2, 0) is 17.6 Å². The lowest BCUT2D eigenvalue weighted by Crippen LogP contribution is -3.14. The van der Waals surface area contributed by atoms with Gasteiger partial charge in [-0.2, -0.15) is 5.26 Å². The molecule has 0 amide bonds. The molecule has 0 atom stereocenters. The second-order valence-electron chi connectivity index (χ2n) is 7.61. The van der Waals surface area contributed by atoms with Crippen molar-refractivity contribution in [2.45, 2.75) is 51.9 Å². The van der Waals surface area contributed by atoms with Gasteiger partial charge in [0.1, 0.15) is 30.4 Å². The Labute approximate surface area is 151 Å². The van der Waals surface area contributed by atoms with Crippen molar-refractivity contribution < 1.29 is 14.6 Å². The van der Waals surface area contributed by atoms with Crippen LogP contribution in [0, 0.1) is 11.3 Å². The molecular formula is C20H32N4O+2. The maximum Gasteiger partial charge on any atom is 0.290 e. The van der Waals surface area contributed by atoms with Gasteiger partial charge in [0.15, 0.2) is 0 Å². The summed E-state index contributed by atoms with van der Waals surface area (Å²) in [5.74, 6) is 1.39. The van der Waals surface area contributed by atoms with Gasteiger partial charge in [-0.05, 0) is 36.8 Å². The minimum atomic E-state index is 0.456. The van der Waals surface area contributed by atoms with Crippen LogP contribution in [0.15, 0.2) is 0 Å². The molecule has 3 rings (SSSR count). The second kappa shape index (κ2) is 8.64. The highest BCUT2D eigenvalue weighted by Gasteiger charge is 2.26. The lowest BCUT2D eigenvalue weighted by Gasteiger charge is -2.23. The molecule has 1 aliphatic heterocycles. The van der Waals surface area contributed by atoms with Gasteiger partial charge in [-0.15, -0.1) is 0 Å². The van der Waals surface area contributed by atoms with Crippen molar-refractivity contribution in [3.8, 4) is 6.07 Å². The Bertz CT molecular complexity index is 630. The zero-order valence-electron chi connectivity index (χ0n) is 15.7. The standard InChI is InChI=1S/C20H30N4O/c1-15(2)19-17-7-4-3-6-16(17)18(14-21)20(23-19)22-8-5-9-24-10-12-25-13-11-24/h15H,3-13H2,1-2H3,(H,22,23)/p+2. The summed E-state index contributed by atoms with van der Waals surface area (Å²) < 4.78 is 5.42. The molecule has 25 heavy (non-hydrogen) atoms. The van der Waals surface area contributed by atoms with E-state index in [9.17, 15) is 5.26 Å². The Kier molecular flexibility index (Phi) is 6.28. The van der Waals surface area contributed by atoms with Gasteiger partial charge in [-0.25, -0.2) is 4.98 Å². The SMILES string of the molecule is CC(C)c1[nH+]c(NCCC[NH+]2CCOCC2)c(C#N)c2c1CCCC2. The molecule has 3 N–H and O–H groups in total. The monoisotopic (exact) mass is 344 g/mol. The molecule has 0 saturated carbocycles. The first-order chi connectivity index (χ1) is 12.2. The Hall–Kier alpha value is -1.64. The summed E-state index contributed by atoms with van der Waals surface area (Å²) >= 11 is 0. The molecule has 5 nitrogen and oxygen atoms in total. The summed E-state index contributed by atoms with van der Waals surface area (Å²) in [4.78, 5) is 5.20. The van der Waals surface area contributed by atoms with E-state index in [1.807, 2.05) is 0 Å². The maximum atomic E-state index is 9.74. The van der Waals surface area contributed by atoms with E-state index in [4.69, 9.17) is 4.74 Å². The number of quaternary nitrogens is 1. The molecule has 5 heteroatoms. The quantitative estimate of drug-likeness (QED) is 0.760. The summed E-state index contributed by atoms with van der Waals surface area (Å²) in [5.41, 5.74) is 4.85. The predicted octanol–water partition coefficient (Wildman–Crippen LogP) is 1.09. The summed E-state index contributed by atoms with van der Waals surface area (Å²) in [7, 11) is 0. The molecule has 1 fully saturated rings. The fourth-order valence-electron chi connectivity index (χ4n) is 4.11. The smallest absolute Gasteiger partial charge is 0.290 e. The van der Waals surface area contributed by atoms with Crippen molar-refractivity contribution in [2.75, 3.05) is 44.7 Å². The van der Waals surface area contributed by atoms with Crippen molar-refractivity contribution in [1.29, 1.82) is 5.26 Å². The first kappa shape index (κ1) is 18.2. The van der Waals surface area contributed by atoms with Crippen LogP contribution < -0.4 is 15.2 Å². The van der Waals surface area contributed by atoms with E-state index in [2.05, 4.69) is 30.2 Å². The number of pyridine rings is 1. The van der Waals surface area contributed by atoms with Crippen LogP contribution in [0.25, 0.3) is 0 Å². The van der Waals surface area contributed by atoms with Crippen LogP contribution in [0.2, 0.25) is 0 Å². The van der Waals surface area contributed by atoms with E-state index >= 15 is 0 Å². The molecule has 1 aromatic heterocycles. The van der Waals surface area contributed by atoms with Crippen molar-refractivity contribution in [2.24, 2.45) is 0 Å². The Balaban J connectivity index is 1.69. The number of fused-ring (bicyclic) bond motifs is 1. The number of nitrogens with one attached hydrogen (secondary N) is 3. The van der Waals surface area contributed by atoms with E-state index < -0.39 is 0 Å². The molecule has 1 aromatic rings. The van der Waals surface area contributed by atoms with E-state index in [1.54, 1.807) is 4.90 Å². The number of hydrogen-bond donors (Lipinski definition) is 2. The molecule has 2 aliphatic rings. The number of anilines is 1. The van der Waals surface area contributed by atoms with Crippen molar-refractivity contribution in [3.05, 3.63) is 22.4 Å². The highest BCUT2D eigenvalue weighted by atomic mass is 16.5. The summed E-state index contributed by atoms with van der Waals surface area (Å²) in [5, 5.41) is 13.3. The highest BCUT2D eigenvalue weighted by molar-refractivity contribution is 5.56. The number of nitrogens with zero attached hydrogens (tertiary/aromatic N) is 1. The predicted molar refractivity (Wildman–Crippen MR) is 97.9 cm³/mol. The molecule has 1 aliphatic carbocycles. The number of aromatic amines is 1. The third kappa shape index (κ3) is 4.31. The van der Waals surface area contributed by atoms with Gasteiger partial charge in [-0.1, -0.05) is 13.8 Å². The van der Waals surface area contributed by atoms with Crippen LogP contribution in [0.4, 0.5) is 5.82 Å². The van der Waals surface area contributed by atoms with Gasteiger partial charge in [0, 0.05) is 12.3 Å². The third-order valence-corrected chi connectivity index (χ3v) is 5.50. The normalized spacial score (nSPS) is 18.0. The number of aromatic nitrogens is 1. The number of nitriles is 1. The molecule has 1 saturated heterocycles. The minimum absolute atomic E-state index is 0.456. The summed E-state index contributed by atoms with van der Waals surface area (Å²) in [6, 6.07) is 2.46. The summed E-state index contributed by atoms with van der Waals surface area (Å²) in [6.45, 7) is 10.6. The van der Waals surface area contributed by atoms with Crippen LogP contribution in [0.3, 0.4) is 0 Å². The Morgan fingerprint density at radius 1 is 1.20 bits per heavy atom. The number of rotatable bonds is 6. The molecule has 0 aromatic carbocycles. The number of H-pyrrole nitrogens is 1. The first-order valence-corrected chi connectivity index (χ1v) is 9.87. The van der Waals surface area contributed by atoms with Crippen LogP contribution in [0.5, 0.6) is 0 Å². The van der Waals surface area contributed by atoms with Crippen molar-refractivity contribution in [1.82, 2.24) is 0 Å². The van der Waals surface area contributed by atoms with Crippen molar-refractivity contribution in [3.63, 3.8) is 0 Å². The molecule has 0 unspecified atom stereocenters. The van der Waals surface area contributed by atoms with Crippen LogP contribution in [-0.4, -0.2) is 39.4 Å². The average Bonchev–Trinajstić information content (AvgIpc) is 2.65. The maximum absolute atomic E-state index is 9.74. The van der Waals surface area contributed by atoms with E-state index in [0.717, 1.165) is 63.5 Å². The largest absolute Gasteiger partial charge is 0.370 e. The number of ether oxygens (including phenoxy) is 1. The highest BCUT2D eigenvalue weighted by Crippen LogP contribution is 2.31. The van der Waals surface area contributed by atoms with Gasteiger partial charge in [0.05, 0.1) is 26.3 Å². The van der Waals surface area contributed by atoms with Crippen LogP contribution >= 0.6 is 0 Å². The van der Waals surface area contributed by atoms with Gasteiger partial charge in [0.25, 0.3) is 5.82 Å². The van der Waals surface area contributed by atoms with Gasteiger partial charge in [0.2, 0.25) is 0 Å². The number of hydrogen-bond acceptors (Lipinski definition) is 3. The molecule has 2 heterocycles. The molecule has 136 valence electrons. The topological polar surface area (TPSA) is 63.6 Å². The first-order valence-electron chi connectivity index (χ1n) is 9.87. The molecule has 0 radical (unpaired) electrons. The Morgan fingerprint density at radius 2 is 1.92 bits per heavy atom. The van der Waals surface area contributed by atoms with Gasteiger partial charge in [-0.3, -0.25) is 5.32 Å². The molecular weight excluding hydrogens is 312 g/mol. The lowest BCUT2D eigenvalue weighted by atomic mass is 9.85. The summed E-state index contributed by atoms with van der Waals surface area (Å²) in [6.07, 6.45) is 5.69. The van der Waals surface area contributed by atoms with Crippen LogP contribution in [0.1, 0.15) is 61.4 Å². The lowest BCUT2D eigenvalue weighted by molar-refractivity contribution is -0.908. The Morgan fingerprint density at radius 3 is 2.60 bits per heavy atom. The van der Waals surface area contributed by atoms with Gasteiger partial charge >= 0.3 is 0 Å². The second-order valence-corrected chi connectivity index (χ2v) is 7.61. The zero-order valence-corrected chi connectivity index (χ0v) is 15.7. The zero-order chi connectivity index (χ0) is 17.6. The average molecular weight is 345 g/mol. The van der Waals surface area contributed by atoms with Crippen molar-refractivity contribution >= 4 is 5.82 Å². The van der Waals surface area contributed by atoms with E-state index in [-0.39, 0.29) is 0 Å².